The molecule has 4 nitrogen and oxygen atoms in total. The number of hydrogen-bond donors (Lipinski definition) is 3. The lowest BCUT2D eigenvalue weighted by Gasteiger charge is -2.40. The van der Waals surface area contributed by atoms with E-state index in [1.807, 2.05) is 0 Å². The van der Waals surface area contributed by atoms with Crippen LogP contribution in [-0.2, 0) is 4.79 Å². The van der Waals surface area contributed by atoms with Gasteiger partial charge in [0.05, 0.1) is 6.10 Å². The minimum absolute atomic E-state index is 0.0314. The molecule has 2 saturated carbocycles. The van der Waals surface area contributed by atoms with Gasteiger partial charge < -0.3 is 5.11 Å². The fourth-order valence-electron chi connectivity index (χ4n) is 3.15. The van der Waals surface area contributed by atoms with Gasteiger partial charge >= 0.3 is 0 Å². The molecule has 0 aromatic carbocycles. The average molecular weight is 198 g/mol. The minimum Gasteiger partial charge on any atom is -0.393 e. The molecule has 0 aliphatic heterocycles. The van der Waals surface area contributed by atoms with Gasteiger partial charge in [0.15, 0.2) is 0 Å². The van der Waals surface area contributed by atoms with Crippen LogP contribution in [0.25, 0.3) is 0 Å². The lowest BCUT2D eigenvalue weighted by atomic mass is 9.67. The fourth-order valence-corrected chi connectivity index (χ4v) is 3.15. The number of hydrazine groups is 1. The highest BCUT2D eigenvalue weighted by Crippen LogP contribution is 2.42. The standard InChI is InChI=1S/C10H18N2O2/c11-12-10(14)8-2-6-1-7(3-8)5-9(13)4-6/h6-9,13H,1-5,11H2,(H,12,14)/t6-,7-,8?,9?/m0/s1. The van der Waals surface area contributed by atoms with Crippen LogP contribution in [0, 0.1) is 17.8 Å². The van der Waals surface area contributed by atoms with E-state index in [9.17, 15) is 9.90 Å². The summed E-state index contributed by atoms with van der Waals surface area (Å²) >= 11 is 0. The Bertz CT molecular complexity index is 214. The van der Waals surface area contributed by atoms with Gasteiger partial charge in [-0.25, -0.2) is 5.84 Å². The van der Waals surface area contributed by atoms with Gasteiger partial charge in [-0.3, -0.25) is 10.2 Å². The van der Waals surface area contributed by atoms with Crippen molar-refractivity contribution in [1.82, 2.24) is 5.43 Å². The Kier molecular flexibility index (Phi) is 2.74. The van der Waals surface area contributed by atoms with Gasteiger partial charge in [0.2, 0.25) is 5.91 Å². The van der Waals surface area contributed by atoms with Crippen molar-refractivity contribution in [2.24, 2.45) is 23.6 Å². The summed E-state index contributed by atoms with van der Waals surface area (Å²) < 4.78 is 0. The summed E-state index contributed by atoms with van der Waals surface area (Å²) in [5.41, 5.74) is 2.23. The quantitative estimate of drug-likeness (QED) is 0.319. The predicted octanol–water partition coefficient (Wildman–Crippen LogP) is 0.163. The molecule has 2 aliphatic carbocycles. The van der Waals surface area contributed by atoms with Gasteiger partial charge in [-0.1, -0.05) is 0 Å². The van der Waals surface area contributed by atoms with E-state index in [-0.39, 0.29) is 17.9 Å². The Labute approximate surface area is 83.8 Å². The molecule has 14 heavy (non-hydrogen) atoms. The van der Waals surface area contributed by atoms with Crippen molar-refractivity contribution in [3.05, 3.63) is 0 Å². The molecule has 2 aliphatic rings. The summed E-state index contributed by atoms with van der Waals surface area (Å²) in [5.74, 6) is 6.24. The van der Waals surface area contributed by atoms with Crippen LogP contribution in [-0.4, -0.2) is 17.1 Å². The Balaban J connectivity index is 1.98. The summed E-state index contributed by atoms with van der Waals surface area (Å²) in [4.78, 5) is 11.4. The molecule has 0 heterocycles. The highest BCUT2D eigenvalue weighted by Gasteiger charge is 2.37. The van der Waals surface area contributed by atoms with E-state index in [1.54, 1.807) is 0 Å². The first kappa shape index (κ1) is 9.93. The van der Waals surface area contributed by atoms with Crippen molar-refractivity contribution in [3.8, 4) is 0 Å². The van der Waals surface area contributed by atoms with Crippen LogP contribution in [0.2, 0.25) is 0 Å². The predicted molar refractivity (Wildman–Crippen MR) is 51.9 cm³/mol. The first-order valence-corrected chi connectivity index (χ1v) is 5.37. The van der Waals surface area contributed by atoms with Gasteiger partial charge in [0.25, 0.3) is 0 Å². The zero-order chi connectivity index (χ0) is 10.1. The summed E-state index contributed by atoms with van der Waals surface area (Å²) in [7, 11) is 0. The van der Waals surface area contributed by atoms with Crippen molar-refractivity contribution < 1.29 is 9.90 Å². The van der Waals surface area contributed by atoms with E-state index in [0.29, 0.717) is 11.8 Å². The molecule has 2 fully saturated rings. The molecule has 4 N–H and O–H groups in total. The fraction of sp³-hybridized carbons (Fsp3) is 0.900. The molecule has 0 radical (unpaired) electrons. The van der Waals surface area contributed by atoms with E-state index >= 15 is 0 Å². The maximum absolute atomic E-state index is 11.4. The highest BCUT2D eigenvalue weighted by molar-refractivity contribution is 5.78. The second kappa shape index (κ2) is 3.87. The van der Waals surface area contributed by atoms with Crippen molar-refractivity contribution >= 4 is 5.91 Å². The average Bonchev–Trinajstić information content (AvgIpc) is 2.14. The number of hydrogen-bond acceptors (Lipinski definition) is 3. The normalized spacial score (nSPS) is 41.9. The molecule has 1 amide bonds. The number of carbonyl (C=O) groups excluding carboxylic acids is 1. The van der Waals surface area contributed by atoms with Crippen molar-refractivity contribution in [2.75, 3.05) is 0 Å². The zero-order valence-electron chi connectivity index (χ0n) is 8.28. The van der Waals surface area contributed by atoms with Gasteiger partial charge in [0.1, 0.15) is 0 Å². The molecular formula is C10H18N2O2. The molecule has 0 spiro atoms. The lowest BCUT2D eigenvalue weighted by molar-refractivity contribution is -0.128. The van der Waals surface area contributed by atoms with Gasteiger partial charge in [-0.05, 0) is 43.9 Å². The number of amides is 1. The van der Waals surface area contributed by atoms with Crippen molar-refractivity contribution in [1.29, 1.82) is 0 Å². The SMILES string of the molecule is NNC(=O)C1C[C@H]2CC(O)C[C@H](C1)C2. The molecule has 2 atom stereocenters. The molecule has 2 bridgehead atoms. The van der Waals surface area contributed by atoms with E-state index in [0.717, 1.165) is 25.7 Å². The van der Waals surface area contributed by atoms with Crippen LogP contribution in [0.3, 0.4) is 0 Å². The zero-order valence-corrected chi connectivity index (χ0v) is 8.28. The molecule has 0 aromatic heterocycles. The summed E-state index contributed by atoms with van der Waals surface area (Å²) in [6.45, 7) is 0. The Hall–Kier alpha value is -0.610. The van der Waals surface area contributed by atoms with Crippen LogP contribution in [0.1, 0.15) is 32.1 Å². The van der Waals surface area contributed by atoms with Crippen LogP contribution in [0.15, 0.2) is 0 Å². The summed E-state index contributed by atoms with van der Waals surface area (Å²) in [5, 5.41) is 9.57. The Morgan fingerprint density at radius 2 is 1.71 bits per heavy atom. The van der Waals surface area contributed by atoms with Crippen molar-refractivity contribution in [2.45, 2.75) is 38.2 Å². The summed E-state index contributed by atoms with van der Waals surface area (Å²) in [6.07, 6.45) is 4.58. The number of fused-ring (bicyclic) bond motifs is 2. The minimum atomic E-state index is -0.138. The maximum atomic E-state index is 11.4. The molecule has 4 heteroatoms. The van der Waals surface area contributed by atoms with Gasteiger partial charge in [-0.2, -0.15) is 0 Å². The van der Waals surface area contributed by atoms with E-state index in [1.165, 1.54) is 6.42 Å². The first-order chi connectivity index (χ1) is 6.69. The Morgan fingerprint density at radius 1 is 1.14 bits per heavy atom. The van der Waals surface area contributed by atoms with Crippen LogP contribution < -0.4 is 11.3 Å². The highest BCUT2D eigenvalue weighted by atomic mass is 16.3. The molecule has 2 rings (SSSR count). The number of rotatable bonds is 1. The molecule has 80 valence electrons. The van der Waals surface area contributed by atoms with E-state index in [2.05, 4.69) is 5.43 Å². The molecular weight excluding hydrogens is 180 g/mol. The third kappa shape index (κ3) is 1.91. The largest absolute Gasteiger partial charge is 0.393 e. The second-order valence-corrected chi connectivity index (χ2v) is 4.77. The number of nitrogens with two attached hydrogens (primary N) is 1. The van der Waals surface area contributed by atoms with E-state index in [4.69, 9.17) is 5.84 Å². The topological polar surface area (TPSA) is 75.3 Å². The third-order valence-corrected chi connectivity index (χ3v) is 3.63. The number of aliphatic hydroxyl groups excluding tert-OH is 1. The summed E-state index contributed by atoms with van der Waals surface area (Å²) in [6, 6.07) is 0. The molecule has 0 aromatic rings. The van der Waals surface area contributed by atoms with Crippen LogP contribution in [0.4, 0.5) is 0 Å². The molecule has 0 saturated heterocycles. The molecule has 0 unspecified atom stereocenters. The van der Waals surface area contributed by atoms with Crippen molar-refractivity contribution in [3.63, 3.8) is 0 Å². The van der Waals surface area contributed by atoms with Crippen LogP contribution >= 0.6 is 0 Å². The monoisotopic (exact) mass is 198 g/mol. The van der Waals surface area contributed by atoms with Crippen LogP contribution in [0.5, 0.6) is 0 Å². The lowest BCUT2D eigenvalue weighted by Crippen LogP contribution is -2.42. The Morgan fingerprint density at radius 3 is 2.21 bits per heavy atom. The number of aliphatic hydroxyl groups is 1. The van der Waals surface area contributed by atoms with Gasteiger partial charge in [-0.15, -0.1) is 0 Å². The number of nitrogens with one attached hydrogen (secondary N) is 1. The first-order valence-electron chi connectivity index (χ1n) is 5.37. The number of carbonyl (C=O) groups is 1. The van der Waals surface area contributed by atoms with E-state index < -0.39 is 0 Å². The third-order valence-electron chi connectivity index (χ3n) is 3.63. The smallest absolute Gasteiger partial charge is 0.237 e. The maximum Gasteiger partial charge on any atom is 0.237 e. The second-order valence-electron chi connectivity index (χ2n) is 4.77. The van der Waals surface area contributed by atoms with Gasteiger partial charge in [0, 0.05) is 5.92 Å².